The lowest BCUT2D eigenvalue weighted by Gasteiger charge is -2.18. The van der Waals surface area contributed by atoms with Gasteiger partial charge in [0.25, 0.3) is 0 Å². The predicted octanol–water partition coefficient (Wildman–Crippen LogP) is 2.61. The molecule has 2 aromatic carbocycles. The fourth-order valence-electron chi connectivity index (χ4n) is 3.45. The number of hydrogen-bond acceptors (Lipinski definition) is 4. The van der Waals surface area contributed by atoms with Crippen LogP contribution in [-0.2, 0) is 17.8 Å². The van der Waals surface area contributed by atoms with Crippen molar-refractivity contribution in [3.63, 3.8) is 0 Å². The first-order valence-corrected chi connectivity index (χ1v) is 10.1. The third kappa shape index (κ3) is 5.43. The summed E-state index contributed by atoms with van der Waals surface area (Å²) in [6.07, 6.45) is 0.666. The minimum absolute atomic E-state index is 0.0785. The quantitative estimate of drug-likeness (QED) is 0.689. The predicted molar refractivity (Wildman–Crippen MR) is 115 cm³/mol. The first-order valence-electron chi connectivity index (χ1n) is 10.1. The molecular weight excluding hydrogens is 382 g/mol. The molecule has 2 aromatic rings. The van der Waals surface area contributed by atoms with Crippen LogP contribution in [0.3, 0.4) is 0 Å². The molecule has 30 heavy (non-hydrogen) atoms. The highest BCUT2D eigenvalue weighted by atomic mass is 16.5. The van der Waals surface area contributed by atoms with Gasteiger partial charge in [0, 0.05) is 26.2 Å². The molecule has 7 nitrogen and oxygen atoms in total. The molecule has 0 aliphatic carbocycles. The van der Waals surface area contributed by atoms with Crippen LogP contribution < -0.4 is 14.8 Å². The Morgan fingerprint density at radius 2 is 1.63 bits per heavy atom. The second-order valence-corrected chi connectivity index (χ2v) is 7.40. The molecule has 3 amide bonds. The van der Waals surface area contributed by atoms with E-state index in [1.807, 2.05) is 49.4 Å². The zero-order valence-electron chi connectivity index (χ0n) is 17.8. The Labute approximate surface area is 177 Å². The van der Waals surface area contributed by atoms with Crippen LogP contribution in [0.5, 0.6) is 11.5 Å². The van der Waals surface area contributed by atoms with Gasteiger partial charge < -0.3 is 24.6 Å². The molecule has 0 unspecified atom stereocenters. The van der Waals surface area contributed by atoms with Gasteiger partial charge in [-0.2, -0.15) is 0 Å². The van der Waals surface area contributed by atoms with E-state index in [0.717, 1.165) is 11.1 Å². The Bertz CT molecular complexity index is 883. The van der Waals surface area contributed by atoms with Crippen LogP contribution in [0.1, 0.15) is 16.7 Å². The average Bonchev–Trinajstić information content (AvgIpc) is 3.08. The Morgan fingerprint density at radius 1 is 0.967 bits per heavy atom. The lowest BCUT2D eigenvalue weighted by Crippen LogP contribution is -2.40. The molecule has 1 aliphatic heterocycles. The second kappa shape index (κ2) is 10.0. The van der Waals surface area contributed by atoms with E-state index < -0.39 is 0 Å². The van der Waals surface area contributed by atoms with Crippen LogP contribution in [0.15, 0.2) is 42.5 Å². The summed E-state index contributed by atoms with van der Waals surface area (Å²) in [4.78, 5) is 28.3. The summed E-state index contributed by atoms with van der Waals surface area (Å²) >= 11 is 0. The van der Waals surface area contributed by atoms with E-state index in [4.69, 9.17) is 9.47 Å². The van der Waals surface area contributed by atoms with Crippen LogP contribution >= 0.6 is 0 Å². The van der Waals surface area contributed by atoms with Gasteiger partial charge in [0.2, 0.25) is 5.91 Å². The number of carbonyl (C=O) groups is 2. The summed E-state index contributed by atoms with van der Waals surface area (Å²) in [5.41, 5.74) is 3.32. The summed E-state index contributed by atoms with van der Waals surface area (Å²) in [5.74, 6) is 1.19. The van der Waals surface area contributed by atoms with Gasteiger partial charge in [0.05, 0.1) is 14.2 Å². The van der Waals surface area contributed by atoms with Gasteiger partial charge in [-0.15, -0.1) is 0 Å². The molecule has 0 radical (unpaired) electrons. The summed E-state index contributed by atoms with van der Waals surface area (Å²) in [5, 5.41) is 2.89. The lowest BCUT2D eigenvalue weighted by atomic mass is 10.1. The normalized spacial score (nSPS) is 13.5. The molecule has 160 valence electrons. The number of aryl methyl sites for hydroxylation is 1. The minimum Gasteiger partial charge on any atom is -0.493 e. The van der Waals surface area contributed by atoms with Crippen LogP contribution in [0.25, 0.3) is 0 Å². The minimum atomic E-state index is -0.152. The highest BCUT2D eigenvalue weighted by Gasteiger charge is 2.29. The number of rotatable bonds is 9. The third-order valence-electron chi connectivity index (χ3n) is 5.19. The van der Waals surface area contributed by atoms with Crippen LogP contribution in [-0.4, -0.2) is 62.1 Å². The van der Waals surface area contributed by atoms with Crippen LogP contribution in [0.4, 0.5) is 4.79 Å². The monoisotopic (exact) mass is 411 g/mol. The maximum absolute atomic E-state index is 12.6. The molecule has 0 aromatic heterocycles. The van der Waals surface area contributed by atoms with Gasteiger partial charge in [-0.1, -0.05) is 35.9 Å². The van der Waals surface area contributed by atoms with E-state index >= 15 is 0 Å². The third-order valence-corrected chi connectivity index (χ3v) is 5.19. The Kier molecular flexibility index (Phi) is 7.17. The van der Waals surface area contributed by atoms with E-state index in [-0.39, 0.29) is 18.5 Å². The molecule has 0 atom stereocenters. The molecule has 3 rings (SSSR count). The van der Waals surface area contributed by atoms with E-state index in [1.54, 1.807) is 24.0 Å². The van der Waals surface area contributed by atoms with Crippen LogP contribution in [0.2, 0.25) is 0 Å². The Hall–Kier alpha value is -3.22. The molecule has 1 fully saturated rings. The lowest BCUT2D eigenvalue weighted by molar-refractivity contribution is -0.121. The second-order valence-electron chi connectivity index (χ2n) is 7.40. The molecule has 0 saturated carbocycles. The number of benzene rings is 2. The average molecular weight is 412 g/mol. The molecule has 1 heterocycles. The summed E-state index contributed by atoms with van der Waals surface area (Å²) < 4.78 is 10.5. The van der Waals surface area contributed by atoms with Crippen molar-refractivity contribution >= 4 is 11.9 Å². The fourth-order valence-corrected chi connectivity index (χ4v) is 3.45. The number of amides is 3. The van der Waals surface area contributed by atoms with E-state index in [1.165, 1.54) is 5.56 Å². The van der Waals surface area contributed by atoms with Gasteiger partial charge in [0.1, 0.15) is 6.54 Å². The number of carbonyl (C=O) groups excluding carboxylic acids is 2. The standard InChI is InChI=1S/C23H29N3O4/c1-17-4-6-19(7-5-17)15-25-12-13-26(23(25)28)16-22(27)24-11-10-18-8-9-20(29-2)21(14-18)30-3/h4-9,14H,10-13,15-16H2,1-3H3,(H,24,27). The Balaban J connectivity index is 1.44. The number of nitrogens with zero attached hydrogens (tertiary/aromatic N) is 2. The summed E-state index contributed by atoms with van der Waals surface area (Å²) in [6.45, 7) is 4.37. The van der Waals surface area contributed by atoms with Crippen molar-refractivity contribution in [2.24, 2.45) is 0 Å². The molecule has 7 heteroatoms. The highest BCUT2D eigenvalue weighted by molar-refractivity contribution is 5.85. The fraction of sp³-hybridized carbons (Fsp3) is 0.391. The van der Waals surface area contributed by atoms with Gasteiger partial charge in [-0.25, -0.2) is 4.79 Å². The number of methoxy groups -OCH3 is 2. The number of hydrogen-bond donors (Lipinski definition) is 1. The molecular formula is C23H29N3O4. The SMILES string of the molecule is COc1ccc(CCNC(=O)CN2CCN(Cc3ccc(C)cc3)C2=O)cc1OC. The maximum atomic E-state index is 12.6. The van der Waals surface area contributed by atoms with Crippen molar-refractivity contribution < 1.29 is 19.1 Å². The van der Waals surface area contributed by atoms with Crippen molar-refractivity contribution in [2.45, 2.75) is 19.9 Å². The maximum Gasteiger partial charge on any atom is 0.320 e. The topological polar surface area (TPSA) is 71.1 Å². The first-order chi connectivity index (χ1) is 14.5. The van der Waals surface area contributed by atoms with Crippen molar-refractivity contribution in [2.75, 3.05) is 40.4 Å². The summed E-state index contributed by atoms with van der Waals surface area (Å²) in [6, 6.07) is 13.8. The Morgan fingerprint density at radius 3 is 2.33 bits per heavy atom. The smallest absolute Gasteiger partial charge is 0.320 e. The van der Waals surface area contributed by atoms with Crippen LogP contribution in [0, 0.1) is 6.92 Å². The van der Waals surface area contributed by atoms with Gasteiger partial charge in [0.15, 0.2) is 11.5 Å². The van der Waals surface area contributed by atoms with Crippen molar-refractivity contribution in [3.05, 3.63) is 59.2 Å². The first kappa shape index (κ1) is 21.5. The largest absolute Gasteiger partial charge is 0.493 e. The number of nitrogens with one attached hydrogen (secondary N) is 1. The number of ether oxygens (including phenoxy) is 2. The molecule has 1 aliphatic rings. The molecule has 1 saturated heterocycles. The van der Waals surface area contributed by atoms with E-state index in [9.17, 15) is 9.59 Å². The zero-order chi connectivity index (χ0) is 21.5. The number of urea groups is 1. The van der Waals surface area contributed by atoms with Crippen molar-refractivity contribution in [1.82, 2.24) is 15.1 Å². The molecule has 0 spiro atoms. The highest BCUT2D eigenvalue weighted by Crippen LogP contribution is 2.27. The van der Waals surface area contributed by atoms with Gasteiger partial charge in [-0.3, -0.25) is 4.79 Å². The molecule has 0 bridgehead atoms. The van der Waals surface area contributed by atoms with Crippen molar-refractivity contribution in [1.29, 1.82) is 0 Å². The van der Waals surface area contributed by atoms with Gasteiger partial charge in [-0.05, 0) is 36.6 Å². The van der Waals surface area contributed by atoms with E-state index in [2.05, 4.69) is 5.32 Å². The van der Waals surface area contributed by atoms with E-state index in [0.29, 0.717) is 44.1 Å². The zero-order valence-corrected chi connectivity index (χ0v) is 17.8. The van der Waals surface area contributed by atoms with Gasteiger partial charge >= 0.3 is 6.03 Å². The summed E-state index contributed by atoms with van der Waals surface area (Å²) in [7, 11) is 3.19. The van der Waals surface area contributed by atoms with Crippen molar-refractivity contribution in [3.8, 4) is 11.5 Å². The molecule has 1 N–H and O–H groups in total.